The Morgan fingerprint density at radius 2 is 1.72 bits per heavy atom. The van der Waals surface area contributed by atoms with Gasteiger partial charge in [0.05, 0.1) is 36.5 Å². The van der Waals surface area contributed by atoms with Crippen molar-refractivity contribution in [2.24, 2.45) is 5.73 Å². The summed E-state index contributed by atoms with van der Waals surface area (Å²) in [5.74, 6) is -0.108. The molecule has 0 saturated heterocycles. The number of fused-ring (bicyclic) bond motifs is 3. The van der Waals surface area contributed by atoms with Crippen LogP contribution in [-0.2, 0) is 16.1 Å². The summed E-state index contributed by atoms with van der Waals surface area (Å²) in [7, 11) is 1.62. The SMILES string of the molecule is CCOC(=O)C(CC)c1c(-c2ccc(OC)cc2)nnc2c1nc(CN)c1ccccc12. The number of ether oxygens (including phenoxy) is 2. The molecule has 0 radical (unpaired) electrons. The molecule has 0 spiro atoms. The van der Waals surface area contributed by atoms with Crippen LogP contribution in [0.2, 0.25) is 0 Å². The van der Waals surface area contributed by atoms with E-state index in [1.807, 2.05) is 55.5 Å². The third kappa shape index (κ3) is 3.76. The van der Waals surface area contributed by atoms with E-state index in [1.54, 1.807) is 14.0 Å². The van der Waals surface area contributed by atoms with Crippen molar-refractivity contribution in [2.75, 3.05) is 13.7 Å². The van der Waals surface area contributed by atoms with E-state index in [0.717, 1.165) is 27.8 Å². The van der Waals surface area contributed by atoms with Gasteiger partial charge in [-0.1, -0.05) is 31.2 Å². The first-order valence-corrected chi connectivity index (χ1v) is 10.7. The third-order valence-corrected chi connectivity index (χ3v) is 5.61. The molecular weight excluding hydrogens is 404 g/mol. The van der Waals surface area contributed by atoms with Gasteiger partial charge in [-0.05, 0) is 37.6 Å². The van der Waals surface area contributed by atoms with Crippen LogP contribution in [-0.4, -0.2) is 34.9 Å². The van der Waals surface area contributed by atoms with Crippen molar-refractivity contribution in [1.29, 1.82) is 0 Å². The average Bonchev–Trinajstić information content (AvgIpc) is 2.84. The van der Waals surface area contributed by atoms with Gasteiger partial charge >= 0.3 is 5.97 Å². The number of carbonyl (C=O) groups excluding carboxylic acids is 1. The molecule has 4 rings (SSSR count). The van der Waals surface area contributed by atoms with Gasteiger partial charge in [-0.15, -0.1) is 10.2 Å². The fourth-order valence-corrected chi connectivity index (χ4v) is 4.05. The Hall–Kier alpha value is -3.58. The lowest BCUT2D eigenvalue weighted by Gasteiger charge is -2.20. The fourth-order valence-electron chi connectivity index (χ4n) is 4.05. The number of esters is 1. The molecule has 2 aromatic heterocycles. The normalized spacial score (nSPS) is 12.1. The highest BCUT2D eigenvalue weighted by Gasteiger charge is 2.29. The molecule has 1 atom stereocenters. The standard InChI is InChI=1S/C25H26N4O3/c1-4-17(25(30)32-5-2)21-22(15-10-12-16(31-3)13-11-15)28-29-23-19-9-7-6-8-18(19)20(14-26)27-24(21)23/h6-13,17H,4-5,14,26H2,1-3H3. The first kappa shape index (κ1) is 21.6. The van der Waals surface area contributed by atoms with Gasteiger partial charge < -0.3 is 15.2 Å². The van der Waals surface area contributed by atoms with E-state index < -0.39 is 5.92 Å². The maximum Gasteiger partial charge on any atom is 0.313 e. The summed E-state index contributed by atoms with van der Waals surface area (Å²) in [5.41, 5.74) is 10.2. The zero-order valence-corrected chi connectivity index (χ0v) is 18.5. The molecule has 2 N–H and O–H groups in total. The summed E-state index contributed by atoms with van der Waals surface area (Å²) in [6.45, 7) is 4.33. The molecular formula is C25H26N4O3. The first-order chi connectivity index (χ1) is 15.6. The van der Waals surface area contributed by atoms with E-state index in [2.05, 4.69) is 10.2 Å². The first-order valence-electron chi connectivity index (χ1n) is 10.7. The van der Waals surface area contributed by atoms with Crippen LogP contribution in [0, 0.1) is 0 Å². The van der Waals surface area contributed by atoms with Crippen molar-refractivity contribution in [3.8, 4) is 17.0 Å². The van der Waals surface area contributed by atoms with Gasteiger partial charge in [-0.2, -0.15) is 0 Å². The highest BCUT2D eigenvalue weighted by atomic mass is 16.5. The second kappa shape index (κ2) is 9.28. The molecule has 0 aliphatic rings. The van der Waals surface area contributed by atoms with Crippen LogP contribution in [0.15, 0.2) is 48.5 Å². The number of hydrogen-bond acceptors (Lipinski definition) is 7. The minimum absolute atomic E-state index is 0.270. The van der Waals surface area contributed by atoms with Crippen LogP contribution >= 0.6 is 0 Å². The van der Waals surface area contributed by atoms with E-state index in [4.69, 9.17) is 20.2 Å². The molecule has 0 bridgehead atoms. The summed E-state index contributed by atoms with van der Waals surface area (Å²) in [5, 5.41) is 11.0. The second-order valence-corrected chi connectivity index (χ2v) is 7.41. The smallest absolute Gasteiger partial charge is 0.313 e. The number of nitrogens with two attached hydrogens (primary N) is 1. The maximum absolute atomic E-state index is 13.0. The third-order valence-electron chi connectivity index (χ3n) is 5.61. The molecule has 0 amide bonds. The van der Waals surface area contributed by atoms with Crippen LogP contribution in [0.1, 0.15) is 37.4 Å². The maximum atomic E-state index is 13.0. The Bertz CT molecular complexity index is 1270. The van der Waals surface area contributed by atoms with Crippen molar-refractivity contribution in [1.82, 2.24) is 15.2 Å². The van der Waals surface area contributed by atoms with E-state index >= 15 is 0 Å². The fraction of sp³-hybridized carbons (Fsp3) is 0.280. The molecule has 2 heterocycles. The lowest BCUT2D eigenvalue weighted by molar-refractivity contribution is -0.145. The van der Waals surface area contributed by atoms with Crippen molar-refractivity contribution < 1.29 is 14.3 Å². The van der Waals surface area contributed by atoms with Crippen LogP contribution in [0.3, 0.4) is 0 Å². The van der Waals surface area contributed by atoms with Crippen LogP contribution in [0.5, 0.6) is 5.75 Å². The Morgan fingerprint density at radius 1 is 1.00 bits per heavy atom. The number of aromatic nitrogens is 3. The molecule has 0 aliphatic heterocycles. The predicted octanol–water partition coefficient (Wildman–Crippen LogP) is 4.37. The molecule has 4 aromatic rings. The van der Waals surface area contributed by atoms with E-state index in [0.29, 0.717) is 35.3 Å². The van der Waals surface area contributed by atoms with Gasteiger partial charge in [0.2, 0.25) is 0 Å². The summed E-state index contributed by atoms with van der Waals surface area (Å²) in [6.07, 6.45) is 0.537. The zero-order chi connectivity index (χ0) is 22.7. The number of rotatable bonds is 7. The van der Waals surface area contributed by atoms with E-state index in [1.165, 1.54) is 0 Å². The van der Waals surface area contributed by atoms with Gasteiger partial charge in [0.15, 0.2) is 0 Å². The Kier molecular flexibility index (Phi) is 6.28. The molecule has 0 aliphatic carbocycles. The Labute approximate surface area is 186 Å². The largest absolute Gasteiger partial charge is 0.497 e. The highest BCUT2D eigenvalue weighted by molar-refractivity contribution is 6.07. The van der Waals surface area contributed by atoms with Crippen molar-refractivity contribution in [3.05, 3.63) is 59.8 Å². The number of methoxy groups -OCH3 is 1. The number of hydrogen-bond donors (Lipinski definition) is 1. The highest BCUT2D eigenvalue weighted by Crippen LogP contribution is 2.37. The second-order valence-electron chi connectivity index (χ2n) is 7.41. The number of benzene rings is 2. The topological polar surface area (TPSA) is 100 Å². The number of carbonyl (C=O) groups is 1. The summed E-state index contributed by atoms with van der Waals surface area (Å²) < 4.78 is 10.7. The van der Waals surface area contributed by atoms with Crippen molar-refractivity contribution in [3.63, 3.8) is 0 Å². The quantitative estimate of drug-likeness (QED) is 0.343. The number of nitrogens with zero attached hydrogens (tertiary/aromatic N) is 3. The average molecular weight is 431 g/mol. The Morgan fingerprint density at radius 3 is 2.34 bits per heavy atom. The van der Waals surface area contributed by atoms with Gasteiger partial charge in [0.25, 0.3) is 0 Å². The van der Waals surface area contributed by atoms with Gasteiger partial charge in [-0.25, -0.2) is 4.98 Å². The van der Waals surface area contributed by atoms with Crippen molar-refractivity contribution >= 4 is 27.8 Å². The molecule has 7 heteroatoms. The zero-order valence-electron chi connectivity index (χ0n) is 18.5. The van der Waals surface area contributed by atoms with Gasteiger partial charge in [-0.3, -0.25) is 4.79 Å². The molecule has 0 fully saturated rings. The monoisotopic (exact) mass is 430 g/mol. The summed E-state index contributed by atoms with van der Waals surface area (Å²) >= 11 is 0. The van der Waals surface area contributed by atoms with Crippen LogP contribution < -0.4 is 10.5 Å². The van der Waals surface area contributed by atoms with Crippen molar-refractivity contribution in [2.45, 2.75) is 32.7 Å². The van der Waals surface area contributed by atoms with E-state index in [-0.39, 0.29) is 12.5 Å². The van der Waals surface area contributed by atoms with Gasteiger partial charge in [0, 0.05) is 28.4 Å². The number of pyridine rings is 1. The molecule has 32 heavy (non-hydrogen) atoms. The minimum Gasteiger partial charge on any atom is -0.497 e. The molecule has 1 unspecified atom stereocenters. The van der Waals surface area contributed by atoms with E-state index in [9.17, 15) is 4.79 Å². The van der Waals surface area contributed by atoms with Crippen LogP contribution in [0.25, 0.3) is 33.1 Å². The Balaban J connectivity index is 2.08. The van der Waals surface area contributed by atoms with Crippen LogP contribution in [0.4, 0.5) is 0 Å². The summed E-state index contributed by atoms with van der Waals surface area (Å²) in [6, 6.07) is 15.4. The molecule has 164 valence electrons. The van der Waals surface area contributed by atoms with Gasteiger partial charge in [0.1, 0.15) is 11.3 Å². The molecule has 7 nitrogen and oxygen atoms in total. The molecule has 2 aromatic carbocycles. The lowest BCUT2D eigenvalue weighted by Crippen LogP contribution is -2.18. The predicted molar refractivity (Wildman–Crippen MR) is 124 cm³/mol. The minimum atomic E-state index is -0.538. The molecule has 0 saturated carbocycles. The summed E-state index contributed by atoms with van der Waals surface area (Å²) in [4.78, 5) is 17.9. The lowest BCUT2D eigenvalue weighted by atomic mass is 9.90.